The van der Waals surface area contributed by atoms with Gasteiger partial charge in [0, 0.05) is 12.0 Å². The maximum atomic E-state index is 11.9. The van der Waals surface area contributed by atoms with Crippen molar-refractivity contribution in [2.24, 2.45) is 0 Å². The number of hydrogen-bond donors (Lipinski definition) is 3. The molecule has 3 N–H and O–H groups in total. The number of benzene rings is 1. The molecule has 1 amide bonds. The van der Waals surface area contributed by atoms with Crippen molar-refractivity contribution in [1.82, 2.24) is 25.9 Å². The highest BCUT2D eigenvalue weighted by molar-refractivity contribution is 5.96. The van der Waals surface area contributed by atoms with Gasteiger partial charge in [0.15, 0.2) is 5.82 Å². The topological polar surface area (TPSA) is 121 Å². The van der Waals surface area contributed by atoms with Crippen LogP contribution in [0.2, 0.25) is 0 Å². The van der Waals surface area contributed by atoms with Crippen LogP contribution >= 0.6 is 0 Å². The number of aromatic amines is 1. The molecular weight excluding hydrogens is 262 g/mol. The van der Waals surface area contributed by atoms with Crippen LogP contribution in [0.4, 0.5) is 0 Å². The number of aryl methyl sites for hydroxylation is 1. The molecule has 20 heavy (non-hydrogen) atoms. The minimum Gasteiger partial charge on any atom is -0.480 e. The molecule has 0 saturated heterocycles. The SMILES string of the molecule is O=C(NC(CCc1nn[nH]n1)C(=O)O)c1ccccc1. The molecule has 0 aliphatic carbocycles. The maximum absolute atomic E-state index is 11.9. The number of H-pyrrole nitrogens is 1. The number of nitrogens with zero attached hydrogens (tertiary/aromatic N) is 3. The zero-order valence-corrected chi connectivity index (χ0v) is 10.5. The van der Waals surface area contributed by atoms with Crippen molar-refractivity contribution in [2.45, 2.75) is 18.9 Å². The molecule has 8 nitrogen and oxygen atoms in total. The second kappa shape index (κ2) is 6.41. The number of tetrazole rings is 1. The van der Waals surface area contributed by atoms with E-state index in [2.05, 4.69) is 25.9 Å². The van der Waals surface area contributed by atoms with Gasteiger partial charge in [-0.15, -0.1) is 10.2 Å². The summed E-state index contributed by atoms with van der Waals surface area (Å²) in [5, 5.41) is 24.7. The number of aromatic nitrogens is 4. The Labute approximate surface area is 114 Å². The summed E-state index contributed by atoms with van der Waals surface area (Å²) in [6.45, 7) is 0. The van der Waals surface area contributed by atoms with E-state index in [0.717, 1.165) is 0 Å². The van der Waals surface area contributed by atoms with E-state index in [4.69, 9.17) is 5.11 Å². The lowest BCUT2D eigenvalue weighted by molar-refractivity contribution is -0.139. The van der Waals surface area contributed by atoms with E-state index < -0.39 is 17.9 Å². The van der Waals surface area contributed by atoms with Gasteiger partial charge in [-0.1, -0.05) is 23.4 Å². The molecular formula is C12H13N5O3. The van der Waals surface area contributed by atoms with Gasteiger partial charge in [0.1, 0.15) is 6.04 Å². The predicted molar refractivity (Wildman–Crippen MR) is 67.8 cm³/mol. The van der Waals surface area contributed by atoms with Crippen LogP contribution in [0.25, 0.3) is 0 Å². The van der Waals surface area contributed by atoms with Gasteiger partial charge in [0.05, 0.1) is 0 Å². The lowest BCUT2D eigenvalue weighted by Gasteiger charge is -2.13. The highest BCUT2D eigenvalue weighted by atomic mass is 16.4. The van der Waals surface area contributed by atoms with Gasteiger partial charge in [-0.3, -0.25) is 4.79 Å². The van der Waals surface area contributed by atoms with Crippen LogP contribution in [-0.4, -0.2) is 43.6 Å². The van der Waals surface area contributed by atoms with Crippen molar-refractivity contribution >= 4 is 11.9 Å². The monoisotopic (exact) mass is 275 g/mol. The molecule has 0 radical (unpaired) electrons. The molecule has 1 atom stereocenters. The van der Waals surface area contributed by atoms with E-state index in [1.807, 2.05) is 0 Å². The molecule has 1 aromatic heterocycles. The number of amides is 1. The highest BCUT2D eigenvalue weighted by Gasteiger charge is 2.21. The molecule has 0 spiro atoms. The maximum Gasteiger partial charge on any atom is 0.326 e. The predicted octanol–water partition coefficient (Wildman–Crippen LogP) is 0.0155. The summed E-state index contributed by atoms with van der Waals surface area (Å²) in [6.07, 6.45) is 0.496. The third-order valence-corrected chi connectivity index (χ3v) is 2.69. The molecule has 0 aliphatic heterocycles. The van der Waals surface area contributed by atoms with Crippen molar-refractivity contribution in [1.29, 1.82) is 0 Å². The first-order chi connectivity index (χ1) is 9.66. The average molecular weight is 275 g/mol. The number of carboxylic acids is 1. The number of rotatable bonds is 6. The summed E-state index contributed by atoms with van der Waals surface area (Å²) in [5.41, 5.74) is 0.415. The zero-order valence-electron chi connectivity index (χ0n) is 10.5. The van der Waals surface area contributed by atoms with Gasteiger partial charge in [0.25, 0.3) is 5.91 Å². The third-order valence-electron chi connectivity index (χ3n) is 2.69. The highest BCUT2D eigenvalue weighted by Crippen LogP contribution is 2.03. The Morgan fingerprint density at radius 1 is 1.30 bits per heavy atom. The van der Waals surface area contributed by atoms with Crippen molar-refractivity contribution in [3.8, 4) is 0 Å². The minimum absolute atomic E-state index is 0.188. The van der Waals surface area contributed by atoms with E-state index >= 15 is 0 Å². The molecule has 1 unspecified atom stereocenters. The summed E-state index contributed by atoms with van der Waals surface area (Å²) in [4.78, 5) is 23.0. The molecule has 104 valence electrons. The molecule has 8 heteroatoms. The van der Waals surface area contributed by atoms with Gasteiger partial charge < -0.3 is 10.4 Å². The van der Waals surface area contributed by atoms with E-state index in [1.54, 1.807) is 30.3 Å². The number of hydrogen-bond acceptors (Lipinski definition) is 5. The summed E-state index contributed by atoms with van der Waals surface area (Å²) >= 11 is 0. The van der Waals surface area contributed by atoms with E-state index in [1.165, 1.54) is 0 Å². The van der Waals surface area contributed by atoms with Crippen LogP contribution in [0.15, 0.2) is 30.3 Å². The Hall–Kier alpha value is -2.77. The number of carbonyl (C=O) groups excluding carboxylic acids is 1. The van der Waals surface area contributed by atoms with Crippen LogP contribution in [0.1, 0.15) is 22.6 Å². The van der Waals surface area contributed by atoms with E-state index in [9.17, 15) is 9.59 Å². The normalized spacial score (nSPS) is 11.8. The fourth-order valence-corrected chi connectivity index (χ4v) is 1.65. The van der Waals surface area contributed by atoms with Crippen LogP contribution in [0.5, 0.6) is 0 Å². The molecule has 2 aromatic rings. The average Bonchev–Trinajstić information content (AvgIpc) is 2.97. The largest absolute Gasteiger partial charge is 0.480 e. The lowest BCUT2D eigenvalue weighted by Crippen LogP contribution is -2.41. The molecule has 1 aromatic carbocycles. The third kappa shape index (κ3) is 3.61. The van der Waals surface area contributed by atoms with Gasteiger partial charge in [0.2, 0.25) is 0 Å². The molecule has 0 aliphatic rings. The standard InChI is InChI=1S/C12H13N5O3/c18-11(8-4-2-1-3-5-8)13-9(12(19)20)6-7-10-14-16-17-15-10/h1-5,9H,6-7H2,(H,13,18)(H,19,20)(H,14,15,16,17). The Morgan fingerprint density at radius 3 is 2.65 bits per heavy atom. The van der Waals surface area contributed by atoms with Crippen molar-refractivity contribution in [3.05, 3.63) is 41.7 Å². The van der Waals surface area contributed by atoms with Crippen molar-refractivity contribution in [3.63, 3.8) is 0 Å². The van der Waals surface area contributed by atoms with Crippen LogP contribution < -0.4 is 5.32 Å². The van der Waals surface area contributed by atoms with Gasteiger partial charge in [-0.2, -0.15) is 5.21 Å². The Balaban J connectivity index is 1.95. The quantitative estimate of drug-likeness (QED) is 0.683. The Morgan fingerprint density at radius 2 is 2.05 bits per heavy atom. The minimum atomic E-state index is -1.10. The van der Waals surface area contributed by atoms with Gasteiger partial charge in [-0.05, 0) is 18.6 Å². The van der Waals surface area contributed by atoms with Gasteiger partial charge in [-0.25, -0.2) is 4.79 Å². The van der Waals surface area contributed by atoms with Crippen LogP contribution in [0, 0.1) is 0 Å². The molecule has 1 heterocycles. The van der Waals surface area contributed by atoms with Crippen molar-refractivity contribution < 1.29 is 14.7 Å². The summed E-state index contributed by atoms with van der Waals surface area (Å²) in [7, 11) is 0. The zero-order chi connectivity index (χ0) is 14.4. The summed E-state index contributed by atoms with van der Waals surface area (Å²) in [5.74, 6) is -1.12. The number of carboxylic acid groups (broad SMARTS) is 1. The number of nitrogens with one attached hydrogen (secondary N) is 2. The van der Waals surface area contributed by atoms with Crippen molar-refractivity contribution in [2.75, 3.05) is 0 Å². The summed E-state index contributed by atoms with van der Waals surface area (Å²) in [6, 6.07) is 7.44. The fourth-order valence-electron chi connectivity index (χ4n) is 1.65. The molecule has 0 bridgehead atoms. The Kier molecular flexibility index (Phi) is 4.38. The second-order valence-electron chi connectivity index (χ2n) is 4.10. The van der Waals surface area contributed by atoms with E-state index in [0.29, 0.717) is 17.8 Å². The molecule has 2 rings (SSSR count). The van der Waals surface area contributed by atoms with Crippen LogP contribution in [-0.2, 0) is 11.2 Å². The Bertz CT molecular complexity index is 570. The second-order valence-corrected chi connectivity index (χ2v) is 4.10. The van der Waals surface area contributed by atoms with E-state index in [-0.39, 0.29) is 6.42 Å². The summed E-state index contributed by atoms with van der Waals surface area (Å²) < 4.78 is 0. The molecule has 0 saturated carbocycles. The van der Waals surface area contributed by atoms with Crippen LogP contribution in [0.3, 0.4) is 0 Å². The smallest absolute Gasteiger partial charge is 0.326 e. The number of carbonyl (C=O) groups is 2. The van der Waals surface area contributed by atoms with Gasteiger partial charge >= 0.3 is 5.97 Å². The fraction of sp³-hybridized carbons (Fsp3) is 0.250. The molecule has 0 fully saturated rings. The number of aliphatic carboxylic acids is 1. The first kappa shape index (κ1) is 13.7. The lowest BCUT2D eigenvalue weighted by atomic mass is 10.1. The first-order valence-electron chi connectivity index (χ1n) is 5.98. The first-order valence-corrected chi connectivity index (χ1v) is 5.98.